The molecule has 0 saturated heterocycles. The quantitative estimate of drug-likeness (QED) is 0.785. The molecule has 2 N–H and O–H groups in total. The summed E-state index contributed by atoms with van der Waals surface area (Å²) < 4.78 is 1.63. The van der Waals surface area contributed by atoms with E-state index in [4.69, 9.17) is 5.73 Å². The minimum atomic E-state index is -0.643. The molecule has 1 heterocycles. The molecule has 2 rings (SSSR count). The third-order valence-corrected chi connectivity index (χ3v) is 2.42. The summed E-state index contributed by atoms with van der Waals surface area (Å²) in [4.78, 5) is 12.0. The van der Waals surface area contributed by atoms with Crippen molar-refractivity contribution in [2.75, 3.05) is 0 Å². The highest BCUT2D eigenvalue weighted by atomic mass is 16.1. The molecule has 0 spiro atoms. The Morgan fingerprint density at radius 1 is 1.38 bits per heavy atom. The van der Waals surface area contributed by atoms with Gasteiger partial charge in [0.15, 0.2) is 5.78 Å². The fourth-order valence-corrected chi connectivity index (χ4v) is 1.53. The minimum absolute atomic E-state index is 0.0893. The maximum Gasteiger partial charge on any atom is 0.184 e. The second-order valence-electron chi connectivity index (χ2n) is 3.66. The van der Waals surface area contributed by atoms with E-state index >= 15 is 0 Å². The Morgan fingerprint density at radius 2 is 2.06 bits per heavy atom. The number of ketones is 1. The van der Waals surface area contributed by atoms with Crippen LogP contribution in [0.1, 0.15) is 22.0 Å². The molecule has 0 amide bonds. The molecule has 0 fully saturated rings. The lowest BCUT2D eigenvalue weighted by molar-refractivity contribution is 0.0961. The summed E-state index contributed by atoms with van der Waals surface area (Å²) in [5.41, 5.74) is 7.24. The van der Waals surface area contributed by atoms with Crippen molar-refractivity contribution in [3.63, 3.8) is 0 Å². The number of hydrogen-bond acceptors (Lipinski definition) is 3. The van der Waals surface area contributed by atoms with Gasteiger partial charge < -0.3 is 5.73 Å². The Labute approximate surface area is 93.7 Å². The first kappa shape index (κ1) is 10.6. The topological polar surface area (TPSA) is 60.9 Å². The molecule has 0 radical (unpaired) electrons. The van der Waals surface area contributed by atoms with Crippen molar-refractivity contribution in [2.24, 2.45) is 12.8 Å². The zero-order valence-electron chi connectivity index (χ0n) is 9.00. The van der Waals surface area contributed by atoms with Crippen molar-refractivity contribution in [2.45, 2.75) is 6.04 Å². The predicted molar refractivity (Wildman–Crippen MR) is 60.9 cm³/mol. The molecule has 1 atom stereocenters. The van der Waals surface area contributed by atoms with E-state index in [1.54, 1.807) is 36.3 Å². The van der Waals surface area contributed by atoms with E-state index in [9.17, 15) is 4.79 Å². The summed E-state index contributed by atoms with van der Waals surface area (Å²) >= 11 is 0. The van der Waals surface area contributed by atoms with Gasteiger partial charge >= 0.3 is 0 Å². The van der Waals surface area contributed by atoms with Crippen LogP contribution >= 0.6 is 0 Å². The largest absolute Gasteiger partial charge is 0.317 e. The molecule has 4 nitrogen and oxygen atoms in total. The molecule has 4 heteroatoms. The number of hydrogen-bond donors (Lipinski definition) is 1. The maximum absolute atomic E-state index is 12.0. The lowest BCUT2D eigenvalue weighted by atomic mass is 10.0. The van der Waals surface area contributed by atoms with Crippen LogP contribution in [-0.2, 0) is 7.05 Å². The number of carbonyl (C=O) groups excluding carboxylic acids is 1. The van der Waals surface area contributed by atoms with E-state index in [0.29, 0.717) is 5.56 Å². The molecule has 0 aliphatic rings. The number of carbonyl (C=O) groups is 1. The number of Topliss-reactive ketones (excluding diaryl/α,β-unsaturated/α-hetero) is 1. The second kappa shape index (κ2) is 4.28. The molecule has 1 aromatic carbocycles. The van der Waals surface area contributed by atoms with Crippen LogP contribution in [0.5, 0.6) is 0 Å². The van der Waals surface area contributed by atoms with Crippen LogP contribution in [0.15, 0.2) is 42.7 Å². The Morgan fingerprint density at radius 3 is 2.62 bits per heavy atom. The van der Waals surface area contributed by atoms with Gasteiger partial charge in [-0.25, -0.2) is 0 Å². The molecule has 2 aromatic rings. The molecule has 0 aliphatic heterocycles. The summed E-state index contributed by atoms with van der Waals surface area (Å²) in [6.45, 7) is 0. The zero-order valence-corrected chi connectivity index (χ0v) is 9.00. The van der Waals surface area contributed by atoms with Crippen molar-refractivity contribution in [3.8, 4) is 0 Å². The van der Waals surface area contributed by atoms with E-state index in [2.05, 4.69) is 5.10 Å². The summed E-state index contributed by atoms with van der Waals surface area (Å²) in [6, 6.07) is 8.40. The smallest absolute Gasteiger partial charge is 0.184 e. The number of nitrogens with zero attached hydrogens (tertiary/aromatic N) is 2. The van der Waals surface area contributed by atoms with Crippen molar-refractivity contribution >= 4 is 5.78 Å². The second-order valence-corrected chi connectivity index (χ2v) is 3.66. The third kappa shape index (κ3) is 2.01. The number of benzene rings is 1. The summed E-state index contributed by atoms with van der Waals surface area (Å²) in [6.07, 6.45) is 3.37. The van der Waals surface area contributed by atoms with E-state index < -0.39 is 6.04 Å². The molecule has 0 aliphatic carbocycles. The van der Waals surface area contributed by atoms with Crippen LogP contribution in [0.3, 0.4) is 0 Å². The van der Waals surface area contributed by atoms with Gasteiger partial charge in [0, 0.05) is 24.4 Å². The monoisotopic (exact) mass is 215 g/mol. The molecule has 1 aromatic heterocycles. The van der Waals surface area contributed by atoms with E-state index in [0.717, 1.165) is 5.56 Å². The molecule has 82 valence electrons. The van der Waals surface area contributed by atoms with Crippen LogP contribution in [-0.4, -0.2) is 15.6 Å². The Balaban J connectivity index is 2.23. The number of aryl methyl sites for hydroxylation is 1. The van der Waals surface area contributed by atoms with Crippen LogP contribution in [0.2, 0.25) is 0 Å². The predicted octanol–water partition coefficient (Wildman–Crippen LogP) is 1.30. The highest BCUT2D eigenvalue weighted by Crippen LogP contribution is 2.14. The van der Waals surface area contributed by atoms with Gasteiger partial charge in [-0.3, -0.25) is 9.48 Å². The Bertz CT molecular complexity index is 490. The van der Waals surface area contributed by atoms with Gasteiger partial charge in [0.05, 0.1) is 12.2 Å². The fraction of sp³-hybridized carbons (Fsp3) is 0.167. The van der Waals surface area contributed by atoms with Crippen molar-refractivity contribution in [3.05, 3.63) is 53.9 Å². The highest BCUT2D eigenvalue weighted by molar-refractivity contribution is 6.00. The standard InChI is InChI=1S/C12H13N3O/c1-15-8-10(7-14-15)11(13)12(16)9-5-3-2-4-6-9/h2-8,11H,13H2,1H3. The molecule has 0 saturated carbocycles. The first-order chi connectivity index (χ1) is 7.68. The molecular formula is C12H13N3O. The van der Waals surface area contributed by atoms with Gasteiger partial charge in [0.25, 0.3) is 0 Å². The molecule has 0 bridgehead atoms. The van der Waals surface area contributed by atoms with Gasteiger partial charge in [0.2, 0.25) is 0 Å². The summed E-state index contributed by atoms with van der Waals surface area (Å²) in [7, 11) is 1.79. The van der Waals surface area contributed by atoms with Crippen molar-refractivity contribution < 1.29 is 4.79 Å². The van der Waals surface area contributed by atoms with Crippen LogP contribution in [0, 0.1) is 0 Å². The number of nitrogens with two attached hydrogens (primary N) is 1. The molecular weight excluding hydrogens is 202 g/mol. The molecule has 16 heavy (non-hydrogen) atoms. The van der Waals surface area contributed by atoms with E-state index in [-0.39, 0.29) is 5.78 Å². The maximum atomic E-state index is 12.0. The van der Waals surface area contributed by atoms with Crippen LogP contribution in [0.25, 0.3) is 0 Å². The van der Waals surface area contributed by atoms with Gasteiger partial charge in [-0.15, -0.1) is 0 Å². The number of aromatic nitrogens is 2. The van der Waals surface area contributed by atoms with E-state index in [1.807, 2.05) is 18.2 Å². The normalized spacial score (nSPS) is 12.4. The highest BCUT2D eigenvalue weighted by Gasteiger charge is 2.18. The Hall–Kier alpha value is -1.94. The SMILES string of the molecule is Cn1cc(C(N)C(=O)c2ccccc2)cn1. The first-order valence-electron chi connectivity index (χ1n) is 5.02. The van der Waals surface area contributed by atoms with Crippen molar-refractivity contribution in [1.82, 2.24) is 9.78 Å². The lowest BCUT2D eigenvalue weighted by Gasteiger charge is -2.07. The van der Waals surface area contributed by atoms with Crippen molar-refractivity contribution in [1.29, 1.82) is 0 Å². The summed E-state index contributed by atoms with van der Waals surface area (Å²) in [5.74, 6) is -0.0893. The number of rotatable bonds is 3. The average molecular weight is 215 g/mol. The lowest BCUT2D eigenvalue weighted by Crippen LogP contribution is -2.21. The van der Waals surface area contributed by atoms with Crippen LogP contribution in [0.4, 0.5) is 0 Å². The first-order valence-corrected chi connectivity index (χ1v) is 5.02. The zero-order chi connectivity index (χ0) is 11.5. The molecule has 1 unspecified atom stereocenters. The average Bonchev–Trinajstić information content (AvgIpc) is 2.75. The van der Waals surface area contributed by atoms with E-state index in [1.165, 1.54) is 0 Å². The van der Waals surface area contributed by atoms with Gasteiger partial charge in [-0.05, 0) is 0 Å². The fourth-order valence-electron chi connectivity index (χ4n) is 1.53. The van der Waals surface area contributed by atoms with Gasteiger partial charge in [-0.1, -0.05) is 30.3 Å². The summed E-state index contributed by atoms with van der Waals surface area (Å²) in [5, 5.41) is 4.00. The Kier molecular flexibility index (Phi) is 2.83. The van der Waals surface area contributed by atoms with Gasteiger partial charge in [-0.2, -0.15) is 5.10 Å². The third-order valence-electron chi connectivity index (χ3n) is 2.42. The van der Waals surface area contributed by atoms with Gasteiger partial charge in [0.1, 0.15) is 0 Å². The van der Waals surface area contributed by atoms with Crippen LogP contribution < -0.4 is 5.73 Å². The minimum Gasteiger partial charge on any atom is -0.317 e.